The van der Waals surface area contributed by atoms with E-state index in [9.17, 15) is 4.79 Å². The Kier molecular flexibility index (Phi) is 4.26. The quantitative estimate of drug-likeness (QED) is 0.579. The van der Waals surface area contributed by atoms with E-state index in [-0.39, 0.29) is 5.91 Å². The fourth-order valence-corrected chi connectivity index (χ4v) is 2.70. The standard InChI is InChI=1S/C21H16N4O/c26-21(20-18-9-1-2-10-19(18)24-25-20)23-17-8-5-6-15(14-17)11-12-16-7-3-4-13-22-16/h1-14H,(H,23,26)(H,24,25)/b12-11+. The molecule has 4 aromatic rings. The number of pyridine rings is 1. The van der Waals surface area contributed by atoms with E-state index in [2.05, 4.69) is 20.5 Å². The molecule has 0 bridgehead atoms. The highest BCUT2D eigenvalue weighted by atomic mass is 16.1. The van der Waals surface area contributed by atoms with Crippen molar-refractivity contribution in [2.75, 3.05) is 5.32 Å². The molecular weight excluding hydrogens is 324 g/mol. The summed E-state index contributed by atoms with van der Waals surface area (Å²) < 4.78 is 0. The molecular formula is C21H16N4O. The minimum Gasteiger partial charge on any atom is -0.321 e. The zero-order valence-electron chi connectivity index (χ0n) is 13.9. The summed E-state index contributed by atoms with van der Waals surface area (Å²) in [6, 6.07) is 20.9. The Balaban J connectivity index is 1.53. The summed E-state index contributed by atoms with van der Waals surface area (Å²) in [4.78, 5) is 16.8. The van der Waals surface area contributed by atoms with Gasteiger partial charge in [0.05, 0.1) is 11.2 Å². The van der Waals surface area contributed by atoms with E-state index >= 15 is 0 Å². The number of nitrogens with zero attached hydrogens (tertiary/aromatic N) is 2. The second-order valence-electron chi connectivity index (χ2n) is 5.79. The Labute approximate surface area is 150 Å². The minimum atomic E-state index is -0.242. The zero-order chi connectivity index (χ0) is 17.8. The molecule has 26 heavy (non-hydrogen) atoms. The van der Waals surface area contributed by atoms with Crippen LogP contribution in [0, 0.1) is 0 Å². The van der Waals surface area contributed by atoms with Gasteiger partial charge in [-0.15, -0.1) is 0 Å². The number of H-pyrrole nitrogens is 1. The largest absolute Gasteiger partial charge is 0.321 e. The van der Waals surface area contributed by atoms with Crippen LogP contribution in [0.15, 0.2) is 72.9 Å². The monoisotopic (exact) mass is 340 g/mol. The summed E-state index contributed by atoms with van der Waals surface area (Å²) in [5.74, 6) is -0.242. The highest BCUT2D eigenvalue weighted by Gasteiger charge is 2.13. The summed E-state index contributed by atoms with van der Waals surface area (Å²) in [5, 5.41) is 10.7. The van der Waals surface area contributed by atoms with E-state index in [1.165, 1.54) is 0 Å². The van der Waals surface area contributed by atoms with Crippen molar-refractivity contribution in [3.8, 4) is 0 Å². The molecule has 0 saturated carbocycles. The Morgan fingerprint density at radius 3 is 2.73 bits per heavy atom. The van der Waals surface area contributed by atoms with Crippen LogP contribution in [0.25, 0.3) is 23.1 Å². The first kappa shape index (κ1) is 15.8. The molecule has 126 valence electrons. The lowest BCUT2D eigenvalue weighted by Gasteiger charge is -2.04. The van der Waals surface area contributed by atoms with Gasteiger partial charge in [-0.1, -0.05) is 42.5 Å². The first-order valence-corrected chi connectivity index (χ1v) is 8.23. The molecule has 5 heteroatoms. The van der Waals surface area contributed by atoms with E-state index < -0.39 is 0 Å². The fourth-order valence-electron chi connectivity index (χ4n) is 2.70. The van der Waals surface area contributed by atoms with E-state index in [0.717, 1.165) is 22.2 Å². The van der Waals surface area contributed by atoms with Gasteiger partial charge in [0.1, 0.15) is 0 Å². The van der Waals surface area contributed by atoms with Crippen molar-refractivity contribution < 1.29 is 4.79 Å². The topological polar surface area (TPSA) is 70.7 Å². The third kappa shape index (κ3) is 3.37. The molecule has 4 rings (SSSR count). The highest BCUT2D eigenvalue weighted by Crippen LogP contribution is 2.18. The molecule has 0 aliphatic carbocycles. The molecule has 2 aromatic carbocycles. The van der Waals surface area contributed by atoms with E-state index in [1.807, 2.05) is 78.9 Å². The number of fused-ring (bicyclic) bond motifs is 1. The lowest BCUT2D eigenvalue weighted by atomic mass is 10.1. The number of carbonyl (C=O) groups is 1. The number of anilines is 1. The summed E-state index contributed by atoms with van der Waals surface area (Å²) in [6.45, 7) is 0. The van der Waals surface area contributed by atoms with Crippen LogP contribution in [0.5, 0.6) is 0 Å². The van der Waals surface area contributed by atoms with Crippen molar-refractivity contribution >= 4 is 34.6 Å². The van der Waals surface area contributed by atoms with Crippen molar-refractivity contribution in [2.24, 2.45) is 0 Å². The van der Waals surface area contributed by atoms with Crippen LogP contribution in [0.1, 0.15) is 21.7 Å². The summed E-state index contributed by atoms with van der Waals surface area (Å²) in [5.41, 5.74) is 3.79. The zero-order valence-corrected chi connectivity index (χ0v) is 13.9. The lowest BCUT2D eigenvalue weighted by Crippen LogP contribution is -2.12. The molecule has 0 aliphatic heterocycles. The number of hydrogen-bond acceptors (Lipinski definition) is 3. The third-order valence-corrected chi connectivity index (χ3v) is 3.96. The first-order chi connectivity index (χ1) is 12.8. The smallest absolute Gasteiger partial charge is 0.276 e. The van der Waals surface area contributed by atoms with Gasteiger partial charge in [-0.2, -0.15) is 5.10 Å². The van der Waals surface area contributed by atoms with Gasteiger partial charge in [0.2, 0.25) is 0 Å². The Morgan fingerprint density at radius 1 is 0.962 bits per heavy atom. The van der Waals surface area contributed by atoms with E-state index in [0.29, 0.717) is 11.4 Å². The molecule has 5 nitrogen and oxygen atoms in total. The maximum atomic E-state index is 12.6. The van der Waals surface area contributed by atoms with Gasteiger partial charge in [0, 0.05) is 17.3 Å². The molecule has 0 spiro atoms. The van der Waals surface area contributed by atoms with Crippen molar-refractivity contribution in [3.63, 3.8) is 0 Å². The average Bonchev–Trinajstić information content (AvgIpc) is 3.12. The minimum absolute atomic E-state index is 0.242. The third-order valence-electron chi connectivity index (χ3n) is 3.96. The molecule has 0 fully saturated rings. The van der Waals surface area contributed by atoms with Crippen LogP contribution in [0.2, 0.25) is 0 Å². The van der Waals surface area contributed by atoms with Crippen LogP contribution in [0.4, 0.5) is 5.69 Å². The fraction of sp³-hybridized carbons (Fsp3) is 0. The van der Waals surface area contributed by atoms with Crippen molar-refractivity contribution in [3.05, 3.63) is 89.9 Å². The SMILES string of the molecule is O=C(Nc1cccc(/C=C/c2ccccn2)c1)c1n[nH]c2ccccc12. The summed E-state index contributed by atoms with van der Waals surface area (Å²) in [6.07, 6.45) is 5.65. The molecule has 0 saturated heterocycles. The number of hydrogen-bond donors (Lipinski definition) is 2. The molecule has 2 aromatic heterocycles. The van der Waals surface area contributed by atoms with Gasteiger partial charge in [-0.3, -0.25) is 14.9 Å². The molecule has 0 aliphatic rings. The second kappa shape index (κ2) is 7.03. The van der Waals surface area contributed by atoms with E-state index in [1.54, 1.807) is 6.20 Å². The predicted molar refractivity (Wildman–Crippen MR) is 104 cm³/mol. The van der Waals surface area contributed by atoms with Crippen LogP contribution in [-0.2, 0) is 0 Å². The highest BCUT2D eigenvalue weighted by molar-refractivity contribution is 6.11. The summed E-state index contributed by atoms with van der Waals surface area (Å²) >= 11 is 0. The van der Waals surface area contributed by atoms with Crippen LogP contribution < -0.4 is 5.32 Å². The Hall–Kier alpha value is -3.73. The molecule has 0 atom stereocenters. The summed E-state index contributed by atoms with van der Waals surface area (Å²) in [7, 11) is 0. The van der Waals surface area contributed by atoms with E-state index in [4.69, 9.17) is 0 Å². The maximum Gasteiger partial charge on any atom is 0.276 e. The molecule has 2 heterocycles. The Bertz CT molecular complexity index is 1080. The van der Waals surface area contributed by atoms with Gasteiger partial charge in [0.25, 0.3) is 5.91 Å². The second-order valence-corrected chi connectivity index (χ2v) is 5.79. The number of benzene rings is 2. The van der Waals surface area contributed by atoms with Gasteiger partial charge in [0.15, 0.2) is 5.69 Å². The molecule has 2 N–H and O–H groups in total. The number of amides is 1. The van der Waals surface area contributed by atoms with Crippen LogP contribution in [0.3, 0.4) is 0 Å². The van der Waals surface area contributed by atoms with Crippen molar-refractivity contribution in [1.82, 2.24) is 15.2 Å². The normalized spacial score (nSPS) is 11.1. The lowest BCUT2D eigenvalue weighted by molar-refractivity contribution is 0.102. The maximum absolute atomic E-state index is 12.6. The molecule has 0 unspecified atom stereocenters. The van der Waals surface area contributed by atoms with Gasteiger partial charge in [-0.25, -0.2) is 0 Å². The van der Waals surface area contributed by atoms with Crippen LogP contribution in [-0.4, -0.2) is 21.1 Å². The van der Waals surface area contributed by atoms with Gasteiger partial charge in [-0.05, 0) is 42.0 Å². The van der Waals surface area contributed by atoms with Gasteiger partial charge < -0.3 is 5.32 Å². The van der Waals surface area contributed by atoms with Gasteiger partial charge >= 0.3 is 0 Å². The van der Waals surface area contributed by atoms with Crippen molar-refractivity contribution in [1.29, 1.82) is 0 Å². The number of rotatable bonds is 4. The average molecular weight is 340 g/mol. The Morgan fingerprint density at radius 2 is 1.85 bits per heavy atom. The number of para-hydroxylation sites is 1. The number of aromatic nitrogens is 3. The molecule has 0 radical (unpaired) electrons. The van der Waals surface area contributed by atoms with Crippen molar-refractivity contribution in [2.45, 2.75) is 0 Å². The predicted octanol–water partition coefficient (Wildman–Crippen LogP) is 4.38. The number of aromatic amines is 1. The number of nitrogens with one attached hydrogen (secondary N) is 2. The number of carbonyl (C=O) groups excluding carboxylic acids is 1. The van der Waals surface area contributed by atoms with Crippen LogP contribution >= 0.6 is 0 Å². The molecule has 1 amide bonds. The first-order valence-electron chi connectivity index (χ1n) is 8.23.